The molecule has 0 aliphatic carbocycles. The minimum absolute atomic E-state index is 0.189. The predicted molar refractivity (Wildman–Crippen MR) is 128 cm³/mol. The summed E-state index contributed by atoms with van der Waals surface area (Å²) in [6.45, 7) is -0.127. The molecule has 35 heavy (non-hydrogen) atoms. The molecule has 0 saturated heterocycles. The molecule has 2 N–H and O–H groups in total. The third-order valence-corrected chi connectivity index (χ3v) is 5.30. The highest BCUT2D eigenvalue weighted by atomic mass is 35.5. The van der Waals surface area contributed by atoms with Crippen LogP contribution in [0.1, 0.15) is 32.0 Å². The van der Waals surface area contributed by atoms with Crippen LogP contribution in [0.5, 0.6) is 0 Å². The maximum Gasteiger partial charge on any atom is 0.432 e. The average Bonchev–Trinajstić information content (AvgIpc) is 3.17. The van der Waals surface area contributed by atoms with Crippen molar-refractivity contribution >= 4 is 29.5 Å². The Labute approximate surface area is 204 Å². The van der Waals surface area contributed by atoms with Gasteiger partial charge in [0.1, 0.15) is 5.82 Å². The lowest BCUT2D eigenvalue weighted by Gasteiger charge is -2.04. The van der Waals surface area contributed by atoms with Crippen LogP contribution in [0.2, 0.25) is 5.02 Å². The summed E-state index contributed by atoms with van der Waals surface area (Å²) in [6, 6.07) is 20.9. The van der Waals surface area contributed by atoms with Gasteiger partial charge < -0.3 is 5.32 Å². The number of carbonyl (C=O) groups is 2. The van der Waals surface area contributed by atoms with Crippen LogP contribution in [0.4, 0.5) is 4.39 Å². The lowest BCUT2D eigenvalue weighted by Crippen LogP contribution is -2.48. The third-order valence-electron chi connectivity index (χ3n) is 5.05. The largest absolute Gasteiger partial charge is 0.432 e. The summed E-state index contributed by atoms with van der Waals surface area (Å²) < 4.78 is 14.3. The van der Waals surface area contributed by atoms with Gasteiger partial charge in [0.25, 0.3) is 0 Å². The van der Waals surface area contributed by atoms with Crippen molar-refractivity contribution in [3.63, 3.8) is 0 Å². The SMILES string of the molecule is O=C(C[n+]1[nH]n(N=Cc2ccc(F)cc2)c(=O)c1C(=O)NCc1ccccc1)c1ccc(Cl)cc1. The van der Waals surface area contributed by atoms with E-state index in [1.54, 1.807) is 24.3 Å². The van der Waals surface area contributed by atoms with Crippen LogP contribution in [-0.2, 0) is 13.1 Å². The zero-order chi connectivity index (χ0) is 24.8. The Hall–Kier alpha value is -4.37. The van der Waals surface area contributed by atoms with Crippen molar-refractivity contribution in [3.8, 4) is 0 Å². The van der Waals surface area contributed by atoms with Crippen molar-refractivity contribution in [2.45, 2.75) is 13.1 Å². The maximum absolute atomic E-state index is 13.1. The first-order valence-electron chi connectivity index (χ1n) is 10.6. The number of amides is 1. The molecule has 3 aromatic carbocycles. The van der Waals surface area contributed by atoms with Gasteiger partial charge in [0, 0.05) is 21.9 Å². The van der Waals surface area contributed by atoms with E-state index in [0.717, 1.165) is 15.0 Å². The Morgan fingerprint density at radius 2 is 1.71 bits per heavy atom. The molecule has 0 unspecified atom stereocenters. The Balaban J connectivity index is 1.63. The van der Waals surface area contributed by atoms with Gasteiger partial charge in [0.05, 0.1) is 6.21 Å². The third kappa shape index (κ3) is 5.96. The van der Waals surface area contributed by atoms with E-state index in [2.05, 4.69) is 15.6 Å². The number of aromatic amines is 1. The van der Waals surface area contributed by atoms with E-state index >= 15 is 0 Å². The first kappa shape index (κ1) is 23.8. The molecule has 4 rings (SSSR count). The summed E-state index contributed by atoms with van der Waals surface area (Å²) in [7, 11) is 0. The van der Waals surface area contributed by atoms with Gasteiger partial charge in [-0.2, -0.15) is 0 Å². The lowest BCUT2D eigenvalue weighted by molar-refractivity contribution is -0.744. The molecule has 1 amide bonds. The second-order valence-corrected chi connectivity index (χ2v) is 7.98. The molecule has 8 nitrogen and oxygen atoms in total. The smallest absolute Gasteiger partial charge is 0.345 e. The molecular formula is C25H20ClFN5O3+. The van der Waals surface area contributed by atoms with Crippen LogP contribution >= 0.6 is 11.6 Å². The number of Topliss-reactive ketones (excluding diaryl/α,β-unsaturated/α-hetero) is 1. The monoisotopic (exact) mass is 492 g/mol. The van der Waals surface area contributed by atoms with Crippen LogP contribution in [0.25, 0.3) is 0 Å². The van der Waals surface area contributed by atoms with E-state index in [4.69, 9.17) is 11.6 Å². The van der Waals surface area contributed by atoms with Gasteiger partial charge in [-0.1, -0.05) is 64.4 Å². The number of rotatable bonds is 8. The summed E-state index contributed by atoms with van der Waals surface area (Å²) in [5.74, 6) is -1.43. The van der Waals surface area contributed by atoms with Gasteiger partial charge in [-0.25, -0.2) is 9.18 Å². The number of nitrogens with zero attached hydrogens (tertiary/aromatic N) is 3. The van der Waals surface area contributed by atoms with Crippen molar-refractivity contribution in [2.24, 2.45) is 5.10 Å². The molecule has 176 valence electrons. The number of halogens is 2. The molecule has 0 aliphatic rings. The van der Waals surface area contributed by atoms with Crippen molar-refractivity contribution in [1.29, 1.82) is 0 Å². The average molecular weight is 493 g/mol. The zero-order valence-electron chi connectivity index (χ0n) is 18.3. The fourth-order valence-electron chi connectivity index (χ4n) is 3.24. The first-order valence-corrected chi connectivity index (χ1v) is 10.9. The van der Waals surface area contributed by atoms with E-state index < -0.39 is 17.3 Å². The number of hydrogen-bond acceptors (Lipinski definition) is 4. The summed E-state index contributed by atoms with van der Waals surface area (Å²) in [5, 5.41) is 9.89. The minimum atomic E-state index is -0.752. The summed E-state index contributed by atoms with van der Waals surface area (Å²) >= 11 is 5.89. The molecule has 0 aliphatic heterocycles. The van der Waals surface area contributed by atoms with Gasteiger partial charge >= 0.3 is 17.2 Å². The highest BCUT2D eigenvalue weighted by Gasteiger charge is 2.30. The molecule has 0 atom stereocenters. The quantitative estimate of drug-likeness (QED) is 0.225. The van der Waals surface area contributed by atoms with Crippen LogP contribution in [-0.4, -0.2) is 27.9 Å². The van der Waals surface area contributed by atoms with E-state index in [9.17, 15) is 18.8 Å². The molecule has 4 aromatic rings. The highest BCUT2D eigenvalue weighted by molar-refractivity contribution is 6.30. The number of aromatic nitrogens is 3. The Morgan fingerprint density at radius 1 is 1.03 bits per heavy atom. The molecule has 1 aromatic heterocycles. The fourth-order valence-corrected chi connectivity index (χ4v) is 3.37. The van der Waals surface area contributed by atoms with Gasteiger partial charge in [-0.05, 0) is 47.5 Å². The van der Waals surface area contributed by atoms with E-state index in [0.29, 0.717) is 16.1 Å². The van der Waals surface area contributed by atoms with Gasteiger partial charge in [0.15, 0.2) is 6.54 Å². The van der Waals surface area contributed by atoms with Gasteiger partial charge in [0.2, 0.25) is 5.78 Å². The molecule has 0 bridgehead atoms. The summed E-state index contributed by atoms with van der Waals surface area (Å²) in [4.78, 5) is 39.6. The molecule has 1 heterocycles. The summed E-state index contributed by atoms with van der Waals surface area (Å²) in [6.07, 6.45) is 1.33. The molecule has 10 heteroatoms. The van der Waals surface area contributed by atoms with Crippen LogP contribution < -0.4 is 15.6 Å². The summed E-state index contributed by atoms with van der Waals surface area (Å²) in [5.41, 5.74) is 0.694. The number of ketones is 1. The Kier molecular flexibility index (Phi) is 7.27. The normalized spacial score (nSPS) is 11.0. The number of H-pyrrole nitrogens is 1. The number of benzene rings is 3. The Morgan fingerprint density at radius 3 is 2.40 bits per heavy atom. The topological polar surface area (TPSA) is 100 Å². The van der Waals surface area contributed by atoms with Gasteiger partial charge in [-0.3, -0.25) is 9.59 Å². The van der Waals surface area contributed by atoms with Gasteiger partial charge in [-0.15, -0.1) is 4.68 Å². The van der Waals surface area contributed by atoms with Crippen molar-refractivity contribution in [3.05, 3.63) is 122 Å². The predicted octanol–water partition coefficient (Wildman–Crippen LogP) is 2.95. The first-order chi connectivity index (χ1) is 16.9. The molecule has 0 radical (unpaired) electrons. The van der Waals surface area contributed by atoms with Crippen molar-refractivity contribution in [2.75, 3.05) is 0 Å². The van der Waals surface area contributed by atoms with Crippen LogP contribution in [0, 0.1) is 5.82 Å². The second-order valence-electron chi connectivity index (χ2n) is 7.55. The van der Waals surface area contributed by atoms with Crippen molar-refractivity contribution < 1.29 is 18.7 Å². The van der Waals surface area contributed by atoms with Crippen LogP contribution in [0.15, 0.2) is 88.8 Å². The number of carbonyl (C=O) groups excluding carboxylic acids is 2. The molecule has 0 spiro atoms. The number of nitrogens with one attached hydrogen (secondary N) is 2. The number of hydrogen-bond donors (Lipinski definition) is 2. The highest BCUT2D eigenvalue weighted by Crippen LogP contribution is 2.10. The Bertz CT molecular complexity index is 1430. The van der Waals surface area contributed by atoms with E-state index in [1.807, 2.05) is 30.3 Å². The van der Waals surface area contributed by atoms with Crippen LogP contribution in [0.3, 0.4) is 0 Å². The lowest BCUT2D eigenvalue weighted by atomic mass is 10.1. The molecule has 0 fully saturated rings. The molecular weight excluding hydrogens is 473 g/mol. The zero-order valence-corrected chi connectivity index (χ0v) is 19.1. The van der Waals surface area contributed by atoms with E-state index in [1.165, 1.54) is 30.5 Å². The molecule has 0 saturated carbocycles. The second kappa shape index (κ2) is 10.7. The maximum atomic E-state index is 13.1. The fraction of sp³-hybridized carbons (Fsp3) is 0.0800. The van der Waals surface area contributed by atoms with Crippen molar-refractivity contribution in [1.82, 2.24) is 15.3 Å². The van der Waals surface area contributed by atoms with E-state index in [-0.39, 0.29) is 24.6 Å². The minimum Gasteiger partial charge on any atom is -0.345 e. The standard InChI is InChI=1S/C25H19ClFN5O3/c26-20-10-8-19(9-11-20)22(33)16-31-23(24(34)28-14-17-4-2-1-3-5-17)25(35)32(30-31)29-15-18-6-12-21(27)13-7-18/h1-13,15H,14,16H2,(H-,28,30,34,35)/p+1.